The van der Waals surface area contributed by atoms with Crippen molar-refractivity contribution >= 4 is 23.6 Å². The molecule has 1 aliphatic rings. The molecule has 1 aromatic carbocycles. The molecule has 0 spiro atoms. The van der Waals surface area contributed by atoms with Gasteiger partial charge in [0.2, 0.25) is 5.91 Å². The van der Waals surface area contributed by atoms with Crippen molar-refractivity contribution in [3.8, 4) is 0 Å². The third-order valence-electron chi connectivity index (χ3n) is 2.97. The molecule has 20 heavy (non-hydrogen) atoms. The molecule has 0 atom stereocenters. The number of halogens is 3. The third-order valence-corrected chi connectivity index (χ3v) is 2.97. The predicted octanol–water partition coefficient (Wildman–Crippen LogP) is 1.85. The van der Waals surface area contributed by atoms with Crippen LogP contribution in [0, 0.1) is 0 Å². The van der Waals surface area contributed by atoms with Crippen molar-refractivity contribution in [2.24, 2.45) is 5.73 Å². The summed E-state index contributed by atoms with van der Waals surface area (Å²) in [5.41, 5.74) is 5.83. The molecule has 0 unspecified atom stereocenters. The van der Waals surface area contributed by atoms with Crippen molar-refractivity contribution in [2.75, 3.05) is 11.4 Å². The van der Waals surface area contributed by atoms with E-state index in [0.717, 1.165) is 0 Å². The summed E-state index contributed by atoms with van der Waals surface area (Å²) in [7, 11) is 0. The number of nitrogens with two attached hydrogens (primary N) is 1. The van der Waals surface area contributed by atoms with E-state index in [0.29, 0.717) is 10.5 Å². The Morgan fingerprint density at radius 3 is 2.45 bits per heavy atom. The molecule has 0 fully saturated rings. The molecule has 1 aliphatic heterocycles. The Morgan fingerprint density at radius 1 is 1.20 bits per heavy atom. The van der Waals surface area contributed by atoms with Gasteiger partial charge in [-0.2, -0.15) is 13.2 Å². The van der Waals surface area contributed by atoms with Crippen LogP contribution in [0.5, 0.6) is 0 Å². The number of para-hydroxylation sites is 1. The number of hydrogen-bond donors (Lipinski definition) is 1. The van der Waals surface area contributed by atoms with Crippen molar-refractivity contribution in [3.63, 3.8) is 0 Å². The standard InChI is InChI=1S/C13H11F3N2O2/c14-13(15,16)12(20)18-6-5-9(11(17)19)7-8-3-1-2-4-10(8)18/h1-4,7H,5-6H2,(H2,17,19). The molecule has 0 aromatic heterocycles. The van der Waals surface area contributed by atoms with Crippen molar-refractivity contribution in [1.29, 1.82) is 0 Å². The van der Waals surface area contributed by atoms with Crippen molar-refractivity contribution in [1.82, 2.24) is 0 Å². The highest BCUT2D eigenvalue weighted by Crippen LogP contribution is 2.31. The largest absolute Gasteiger partial charge is 0.471 e. The molecule has 0 saturated heterocycles. The van der Waals surface area contributed by atoms with Gasteiger partial charge in [-0.3, -0.25) is 9.59 Å². The number of anilines is 1. The molecular weight excluding hydrogens is 273 g/mol. The number of carbonyl (C=O) groups excluding carboxylic acids is 2. The second-order valence-electron chi connectivity index (χ2n) is 4.30. The number of primary amides is 1. The van der Waals surface area contributed by atoms with E-state index in [-0.39, 0.29) is 24.2 Å². The Bertz CT molecular complexity index is 594. The summed E-state index contributed by atoms with van der Waals surface area (Å²) < 4.78 is 37.8. The van der Waals surface area contributed by atoms with Gasteiger partial charge < -0.3 is 10.6 Å². The van der Waals surface area contributed by atoms with Crippen molar-refractivity contribution in [2.45, 2.75) is 12.6 Å². The number of amides is 2. The number of carbonyl (C=O) groups is 2. The smallest absolute Gasteiger partial charge is 0.366 e. The maximum absolute atomic E-state index is 12.6. The average Bonchev–Trinajstić information content (AvgIpc) is 2.56. The van der Waals surface area contributed by atoms with E-state index in [1.54, 1.807) is 6.07 Å². The van der Waals surface area contributed by atoms with E-state index >= 15 is 0 Å². The first kappa shape index (κ1) is 14.1. The van der Waals surface area contributed by atoms with E-state index in [1.807, 2.05) is 0 Å². The van der Waals surface area contributed by atoms with Gasteiger partial charge in [-0.1, -0.05) is 18.2 Å². The van der Waals surface area contributed by atoms with Crippen LogP contribution < -0.4 is 10.6 Å². The van der Waals surface area contributed by atoms with Gasteiger partial charge in [0, 0.05) is 12.1 Å². The van der Waals surface area contributed by atoms with Crippen molar-refractivity contribution in [3.05, 3.63) is 35.4 Å². The zero-order valence-electron chi connectivity index (χ0n) is 10.3. The topological polar surface area (TPSA) is 63.4 Å². The maximum atomic E-state index is 12.6. The Morgan fingerprint density at radius 2 is 1.85 bits per heavy atom. The van der Waals surface area contributed by atoms with Crippen LogP contribution in [0.2, 0.25) is 0 Å². The van der Waals surface area contributed by atoms with Gasteiger partial charge in [0.05, 0.1) is 5.69 Å². The monoisotopic (exact) mass is 284 g/mol. The lowest BCUT2D eigenvalue weighted by Gasteiger charge is -2.23. The normalized spacial score (nSPS) is 15.2. The van der Waals surface area contributed by atoms with Crippen LogP contribution in [0.15, 0.2) is 29.8 Å². The lowest BCUT2D eigenvalue weighted by Crippen LogP contribution is -2.42. The minimum atomic E-state index is -4.97. The maximum Gasteiger partial charge on any atom is 0.471 e. The second kappa shape index (κ2) is 4.99. The molecule has 1 aromatic rings. The van der Waals surface area contributed by atoms with Crippen molar-refractivity contribution < 1.29 is 22.8 Å². The summed E-state index contributed by atoms with van der Waals surface area (Å²) in [5, 5.41) is 0. The zero-order chi connectivity index (χ0) is 14.9. The second-order valence-corrected chi connectivity index (χ2v) is 4.30. The molecule has 4 nitrogen and oxygen atoms in total. The molecule has 106 valence electrons. The minimum Gasteiger partial charge on any atom is -0.366 e. The van der Waals surface area contributed by atoms with Gasteiger partial charge in [-0.15, -0.1) is 0 Å². The van der Waals surface area contributed by atoms with Crippen LogP contribution in [0.1, 0.15) is 12.0 Å². The van der Waals surface area contributed by atoms with Crippen LogP contribution in [-0.4, -0.2) is 24.5 Å². The van der Waals surface area contributed by atoms with Crippen LogP contribution >= 0.6 is 0 Å². The Hall–Kier alpha value is -2.31. The number of rotatable bonds is 1. The van der Waals surface area contributed by atoms with Crippen LogP contribution in [0.4, 0.5) is 18.9 Å². The van der Waals surface area contributed by atoms with Gasteiger partial charge in [0.25, 0.3) is 0 Å². The van der Waals surface area contributed by atoms with Gasteiger partial charge in [0.15, 0.2) is 0 Å². The molecule has 0 aliphatic carbocycles. The number of fused-ring (bicyclic) bond motifs is 1. The quantitative estimate of drug-likeness (QED) is 0.855. The van der Waals surface area contributed by atoms with Crippen LogP contribution in [0.3, 0.4) is 0 Å². The molecule has 0 saturated carbocycles. The average molecular weight is 284 g/mol. The lowest BCUT2D eigenvalue weighted by molar-refractivity contribution is -0.170. The number of nitrogens with zero attached hydrogens (tertiary/aromatic N) is 1. The molecule has 1 heterocycles. The molecule has 7 heteroatoms. The van der Waals surface area contributed by atoms with Crippen LogP contribution in [-0.2, 0) is 9.59 Å². The molecule has 2 N–H and O–H groups in total. The number of benzene rings is 1. The first-order chi connectivity index (χ1) is 9.30. The summed E-state index contributed by atoms with van der Waals surface area (Å²) in [6, 6.07) is 6.06. The molecule has 0 radical (unpaired) electrons. The van der Waals surface area contributed by atoms with E-state index in [9.17, 15) is 22.8 Å². The summed E-state index contributed by atoms with van der Waals surface area (Å²) in [5.74, 6) is -2.66. The lowest BCUT2D eigenvalue weighted by atomic mass is 10.1. The van der Waals surface area contributed by atoms with E-state index in [4.69, 9.17) is 5.73 Å². The highest BCUT2D eigenvalue weighted by Gasteiger charge is 2.43. The summed E-state index contributed by atoms with van der Waals surface area (Å²) >= 11 is 0. The molecule has 2 rings (SSSR count). The van der Waals surface area contributed by atoms with Gasteiger partial charge in [0.1, 0.15) is 0 Å². The van der Waals surface area contributed by atoms with E-state index < -0.39 is 18.0 Å². The third kappa shape index (κ3) is 2.66. The Balaban J connectivity index is 2.48. The molecule has 0 bridgehead atoms. The highest BCUT2D eigenvalue weighted by atomic mass is 19.4. The number of hydrogen-bond acceptors (Lipinski definition) is 2. The summed E-state index contributed by atoms with van der Waals surface area (Å²) in [4.78, 5) is 23.3. The highest BCUT2D eigenvalue weighted by molar-refractivity contribution is 6.03. The van der Waals surface area contributed by atoms with E-state index in [1.165, 1.54) is 24.3 Å². The minimum absolute atomic E-state index is 0.0220. The van der Waals surface area contributed by atoms with Crippen LogP contribution in [0.25, 0.3) is 6.08 Å². The molecular formula is C13H11F3N2O2. The Kier molecular flexibility index (Phi) is 3.52. The fourth-order valence-corrected chi connectivity index (χ4v) is 2.03. The Labute approximate surface area is 112 Å². The van der Waals surface area contributed by atoms with Gasteiger partial charge >= 0.3 is 12.1 Å². The summed E-state index contributed by atoms with van der Waals surface area (Å²) in [6.07, 6.45) is -3.57. The van der Waals surface area contributed by atoms with E-state index in [2.05, 4.69) is 0 Å². The van der Waals surface area contributed by atoms with Gasteiger partial charge in [-0.25, -0.2) is 0 Å². The SMILES string of the molecule is NC(=O)C1=Cc2ccccc2N(C(=O)C(F)(F)F)CC1. The molecule has 2 amide bonds. The number of alkyl halides is 3. The predicted molar refractivity (Wildman–Crippen MR) is 66.6 cm³/mol. The first-order valence-corrected chi connectivity index (χ1v) is 5.79. The fourth-order valence-electron chi connectivity index (χ4n) is 2.03. The summed E-state index contributed by atoms with van der Waals surface area (Å²) in [6.45, 7) is -0.246. The zero-order valence-corrected chi connectivity index (χ0v) is 10.3. The fraction of sp³-hybridized carbons (Fsp3) is 0.231. The first-order valence-electron chi connectivity index (χ1n) is 5.79. The van der Waals surface area contributed by atoms with Gasteiger partial charge in [-0.05, 0) is 24.1 Å².